The highest BCUT2D eigenvalue weighted by Crippen LogP contribution is 2.39. The van der Waals surface area contributed by atoms with Crippen molar-refractivity contribution >= 4 is 5.91 Å². The molecule has 0 unspecified atom stereocenters. The van der Waals surface area contributed by atoms with Crippen LogP contribution in [0.4, 0.5) is 0 Å². The minimum Gasteiger partial charge on any atom is -0.368 e. The number of aryl methyl sites for hydroxylation is 1. The fourth-order valence-electron chi connectivity index (χ4n) is 3.78. The minimum atomic E-state index is -0.103. The zero-order valence-corrected chi connectivity index (χ0v) is 14.6. The van der Waals surface area contributed by atoms with E-state index in [0.29, 0.717) is 31.8 Å². The van der Waals surface area contributed by atoms with Gasteiger partial charge in [0.1, 0.15) is 12.4 Å². The van der Waals surface area contributed by atoms with Gasteiger partial charge in [0.15, 0.2) is 5.82 Å². The number of nitrogens with zero attached hydrogens (tertiary/aromatic N) is 5. The van der Waals surface area contributed by atoms with Crippen LogP contribution < -0.4 is 0 Å². The van der Waals surface area contributed by atoms with E-state index in [1.165, 1.54) is 25.7 Å². The van der Waals surface area contributed by atoms with E-state index in [9.17, 15) is 4.79 Å². The third kappa shape index (κ3) is 3.32. The first kappa shape index (κ1) is 16.0. The Labute approximate surface area is 143 Å². The van der Waals surface area contributed by atoms with Gasteiger partial charge in [-0.15, -0.1) is 10.2 Å². The predicted molar refractivity (Wildman–Crippen MR) is 88.2 cm³/mol. The first-order chi connectivity index (χ1) is 11.6. The number of amides is 1. The van der Waals surface area contributed by atoms with E-state index in [4.69, 9.17) is 4.74 Å². The zero-order chi connectivity index (χ0) is 16.7. The van der Waals surface area contributed by atoms with Crippen LogP contribution in [0.2, 0.25) is 0 Å². The summed E-state index contributed by atoms with van der Waals surface area (Å²) in [7, 11) is 1.93. The average Bonchev–Trinajstić information content (AvgIpc) is 3.46. The highest BCUT2D eigenvalue weighted by Gasteiger charge is 2.42. The zero-order valence-electron chi connectivity index (χ0n) is 14.6. The molecule has 0 bridgehead atoms. The Bertz CT molecular complexity index is 596. The maximum atomic E-state index is 12.9. The second-order valence-electron chi connectivity index (χ2n) is 7.50. The summed E-state index contributed by atoms with van der Waals surface area (Å²) in [6, 6.07) is 0.893. The van der Waals surface area contributed by atoms with Crippen molar-refractivity contribution in [3.05, 3.63) is 12.2 Å². The quantitative estimate of drug-likeness (QED) is 0.776. The lowest BCUT2D eigenvalue weighted by Gasteiger charge is -2.35. The molecule has 1 aromatic heterocycles. The number of morpholine rings is 1. The lowest BCUT2D eigenvalue weighted by atomic mass is 10.1. The van der Waals surface area contributed by atoms with Crippen molar-refractivity contribution in [2.45, 2.75) is 50.8 Å². The topological polar surface area (TPSA) is 63.5 Å². The van der Waals surface area contributed by atoms with E-state index in [-0.39, 0.29) is 12.0 Å². The molecular formula is C17H27N5O2. The number of rotatable bonds is 6. The van der Waals surface area contributed by atoms with Gasteiger partial charge in [0.2, 0.25) is 5.91 Å². The van der Waals surface area contributed by atoms with Crippen LogP contribution in [0.1, 0.15) is 44.5 Å². The van der Waals surface area contributed by atoms with Crippen LogP contribution in [-0.4, -0.2) is 68.8 Å². The molecule has 1 amide bonds. The van der Waals surface area contributed by atoms with Gasteiger partial charge >= 0.3 is 0 Å². The van der Waals surface area contributed by atoms with Crippen LogP contribution in [0.5, 0.6) is 0 Å². The van der Waals surface area contributed by atoms with Gasteiger partial charge in [-0.25, -0.2) is 0 Å². The molecule has 132 valence electrons. The van der Waals surface area contributed by atoms with Gasteiger partial charge < -0.3 is 14.2 Å². The van der Waals surface area contributed by atoms with Crippen molar-refractivity contribution in [1.82, 2.24) is 24.6 Å². The molecule has 1 aromatic rings. The molecule has 3 aliphatic rings. The molecule has 2 saturated carbocycles. The smallest absolute Gasteiger partial charge is 0.237 e. The fourth-order valence-corrected chi connectivity index (χ4v) is 3.78. The number of carbonyl (C=O) groups excluding carboxylic acids is 1. The maximum absolute atomic E-state index is 12.9. The van der Waals surface area contributed by atoms with Gasteiger partial charge in [0.05, 0.1) is 13.2 Å². The second kappa shape index (κ2) is 6.44. The Balaban J connectivity index is 1.38. The van der Waals surface area contributed by atoms with E-state index in [0.717, 1.165) is 18.3 Å². The summed E-state index contributed by atoms with van der Waals surface area (Å²) in [4.78, 5) is 17.3. The van der Waals surface area contributed by atoms with E-state index >= 15 is 0 Å². The summed E-state index contributed by atoms with van der Waals surface area (Å²) >= 11 is 0. The van der Waals surface area contributed by atoms with Gasteiger partial charge in [-0.3, -0.25) is 9.69 Å². The van der Waals surface area contributed by atoms with Crippen LogP contribution in [0.15, 0.2) is 6.33 Å². The molecule has 24 heavy (non-hydrogen) atoms. The van der Waals surface area contributed by atoms with Crippen LogP contribution >= 0.6 is 0 Å². The Morgan fingerprint density at radius 3 is 2.83 bits per heavy atom. The standard InChI is InChI=1S/C17H27N5O2/c1-12(13-3-4-13)22(14-5-6-14)16(23)10-21-7-8-24-15(9-21)17-19-18-11-20(17)2/h11-15H,3-10H2,1-2H3/t12-,15-/m1/s1. The maximum Gasteiger partial charge on any atom is 0.237 e. The SMILES string of the molecule is C[C@H](C1CC1)N(C(=O)CN1CCO[C@@H](c2nncn2C)C1)C1CC1. The van der Waals surface area contributed by atoms with Crippen molar-refractivity contribution in [1.29, 1.82) is 0 Å². The number of carbonyl (C=O) groups is 1. The molecule has 7 nitrogen and oxygen atoms in total. The highest BCUT2D eigenvalue weighted by atomic mass is 16.5. The second-order valence-corrected chi connectivity index (χ2v) is 7.50. The molecule has 1 saturated heterocycles. The van der Waals surface area contributed by atoms with E-state index in [1.54, 1.807) is 6.33 Å². The first-order valence-corrected chi connectivity index (χ1v) is 9.12. The van der Waals surface area contributed by atoms with Crippen molar-refractivity contribution in [3.63, 3.8) is 0 Å². The molecule has 0 radical (unpaired) electrons. The molecule has 4 rings (SSSR count). The van der Waals surface area contributed by atoms with Crippen LogP contribution in [0, 0.1) is 5.92 Å². The summed E-state index contributed by atoms with van der Waals surface area (Å²) in [5.74, 6) is 1.85. The summed E-state index contributed by atoms with van der Waals surface area (Å²) in [6.45, 7) is 4.86. The van der Waals surface area contributed by atoms with Crippen molar-refractivity contribution in [2.24, 2.45) is 13.0 Å². The van der Waals surface area contributed by atoms with Gasteiger partial charge in [0, 0.05) is 32.2 Å². The summed E-state index contributed by atoms with van der Waals surface area (Å²) in [6.07, 6.45) is 6.50. The van der Waals surface area contributed by atoms with Crippen molar-refractivity contribution in [3.8, 4) is 0 Å². The third-order valence-corrected chi connectivity index (χ3v) is 5.52. The lowest BCUT2D eigenvalue weighted by molar-refractivity contribution is -0.137. The van der Waals surface area contributed by atoms with Gasteiger partial charge in [-0.1, -0.05) is 0 Å². The predicted octanol–water partition coefficient (Wildman–Crippen LogP) is 0.978. The molecule has 3 fully saturated rings. The van der Waals surface area contributed by atoms with Crippen molar-refractivity contribution in [2.75, 3.05) is 26.2 Å². The monoisotopic (exact) mass is 333 g/mol. The van der Waals surface area contributed by atoms with E-state index in [2.05, 4.69) is 26.9 Å². The average molecular weight is 333 g/mol. The summed E-state index contributed by atoms with van der Waals surface area (Å²) in [5.41, 5.74) is 0. The largest absolute Gasteiger partial charge is 0.368 e. The Morgan fingerprint density at radius 2 is 2.21 bits per heavy atom. The lowest BCUT2D eigenvalue weighted by Crippen LogP contribution is -2.49. The minimum absolute atomic E-state index is 0.103. The van der Waals surface area contributed by atoms with E-state index < -0.39 is 0 Å². The molecule has 0 N–H and O–H groups in total. The fraction of sp³-hybridized carbons (Fsp3) is 0.824. The molecule has 2 aliphatic carbocycles. The number of ether oxygens (including phenoxy) is 1. The molecular weight excluding hydrogens is 306 g/mol. The molecule has 2 heterocycles. The molecule has 1 aliphatic heterocycles. The molecule has 0 spiro atoms. The first-order valence-electron chi connectivity index (χ1n) is 9.12. The van der Waals surface area contributed by atoms with Crippen LogP contribution in [0.25, 0.3) is 0 Å². The van der Waals surface area contributed by atoms with Crippen LogP contribution in [-0.2, 0) is 16.6 Å². The number of hydrogen-bond acceptors (Lipinski definition) is 5. The summed E-state index contributed by atoms with van der Waals surface area (Å²) < 4.78 is 7.73. The molecule has 0 aromatic carbocycles. The van der Waals surface area contributed by atoms with Crippen molar-refractivity contribution < 1.29 is 9.53 Å². The summed E-state index contributed by atoms with van der Waals surface area (Å²) in [5, 5.41) is 8.08. The molecule has 7 heteroatoms. The third-order valence-electron chi connectivity index (χ3n) is 5.52. The molecule has 2 atom stereocenters. The Hall–Kier alpha value is -1.47. The van der Waals surface area contributed by atoms with E-state index in [1.807, 2.05) is 11.6 Å². The van der Waals surface area contributed by atoms with Gasteiger partial charge in [-0.2, -0.15) is 0 Å². The van der Waals surface area contributed by atoms with Crippen LogP contribution in [0.3, 0.4) is 0 Å². The van der Waals surface area contributed by atoms with Gasteiger partial charge in [-0.05, 0) is 38.5 Å². The van der Waals surface area contributed by atoms with Gasteiger partial charge in [0.25, 0.3) is 0 Å². The highest BCUT2D eigenvalue weighted by molar-refractivity contribution is 5.79. The number of hydrogen-bond donors (Lipinski definition) is 0. The Kier molecular flexibility index (Phi) is 4.30. The number of aromatic nitrogens is 3. The normalized spacial score (nSPS) is 26.3. The Morgan fingerprint density at radius 1 is 1.42 bits per heavy atom.